The minimum absolute atomic E-state index is 0.00362. The Hall–Kier alpha value is -2.37. The average molecular weight is 438 g/mol. The highest BCUT2D eigenvalue weighted by Crippen LogP contribution is 2.38. The topological polar surface area (TPSA) is 9.23 Å². The van der Waals surface area contributed by atoms with Crippen LogP contribution in [0.4, 0.5) is 22.0 Å². The minimum atomic E-state index is -4.62. The van der Waals surface area contributed by atoms with Crippen molar-refractivity contribution in [3.05, 3.63) is 65.7 Å². The first kappa shape index (κ1) is 23.3. The first-order valence-electron chi connectivity index (χ1n) is 10.7. The summed E-state index contributed by atoms with van der Waals surface area (Å²) in [6.07, 6.45) is 6.66. The van der Waals surface area contributed by atoms with Gasteiger partial charge in [0.25, 0.3) is 0 Å². The zero-order chi connectivity index (χ0) is 22.4. The fourth-order valence-electron chi connectivity index (χ4n) is 4.24. The van der Waals surface area contributed by atoms with Gasteiger partial charge in [-0.25, -0.2) is 4.39 Å². The summed E-state index contributed by atoms with van der Waals surface area (Å²) in [7, 11) is 0. The summed E-state index contributed by atoms with van der Waals surface area (Å²) in [6.45, 7) is 0.367. The number of halogens is 5. The van der Waals surface area contributed by atoms with Crippen LogP contribution in [-0.4, -0.2) is 12.8 Å². The van der Waals surface area contributed by atoms with Crippen molar-refractivity contribution in [3.63, 3.8) is 0 Å². The van der Waals surface area contributed by atoms with Crippen LogP contribution in [0, 0.1) is 17.6 Å². The van der Waals surface area contributed by atoms with Gasteiger partial charge in [0.05, 0.1) is 0 Å². The molecule has 1 aliphatic rings. The average Bonchev–Trinajstić information content (AvgIpc) is 2.75. The number of hydrogen-bond acceptors (Lipinski definition) is 1. The molecule has 2 aromatic rings. The van der Waals surface area contributed by atoms with E-state index in [2.05, 4.69) is 16.9 Å². The fraction of sp³-hybridized carbons (Fsp3) is 0.440. The zero-order valence-electron chi connectivity index (χ0n) is 17.5. The molecule has 0 heterocycles. The second-order valence-corrected chi connectivity index (χ2v) is 8.13. The highest BCUT2D eigenvalue weighted by atomic mass is 19.4. The molecule has 0 N–H and O–H groups in total. The van der Waals surface area contributed by atoms with E-state index in [-0.39, 0.29) is 5.56 Å². The number of benzene rings is 2. The van der Waals surface area contributed by atoms with Crippen molar-refractivity contribution in [1.82, 2.24) is 0 Å². The maximum absolute atomic E-state index is 14.5. The number of alkyl halides is 3. The largest absolute Gasteiger partial charge is 0.481 e. The minimum Gasteiger partial charge on any atom is -0.481 e. The second-order valence-electron chi connectivity index (χ2n) is 8.13. The van der Waals surface area contributed by atoms with Gasteiger partial charge in [-0.1, -0.05) is 36.4 Å². The van der Waals surface area contributed by atoms with E-state index in [0.29, 0.717) is 11.5 Å². The van der Waals surface area contributed by atoms with Crippen molar-refractivity contribution in [3.8, 4) is 16.9 Å². The Morgan fingerprint density at radius 2 is 1.61 bits per heavy atom. The predicted molar refractivity (Wildman–Crippen MR) is 112 cm³/mol. The molecule has 0 amide bonds. The van der Waals surface area contributed by atoms with Crippen LogP contribution in [0.3, 0.4) is 0 Å². The third-order valence-electron chi connectivity index (χ3n) is 5.96. The van der Waals surface area contributed by atoms with Crippen LogP contribution in [0.15, 0.2) is 48.6 Å². The molecular formula is C25H27F5O. The van der Waals surface area contributed by atoms with E-state index in [0.717, 1.165) is 31.2 Å². The van der Waals surface area contributed by atoms with Crippen LogP contribution in [0.5, 0.6) is 5.75 Å². The third kappa shape index (κ3) is 6.31. The molecule has 0 aliphatic heterocycles. The lowest BCUT2D eigenvalue weighted by Crippen LogP contribution is -2.19. The highest BCUT2D eigenvalue weighted by molar-refractivity contribution is 5.65. The summed E-state index contributed by atoms with van der Waals surface area (Å²) in [5, 5.41) is 0. The van der Waals surface area contributed by atoms with Crippen LogP contribution in [-0.2, 0) is 0 Å². The second kappa shape index (κ2) is 10.3. The van der Waals surface area contributed by atoms with E-state index in [1.54, 1.807) is 12.1 Å². The standard InChI is InChI=1S/C25H27F5O/c1-2-3-4-5-17-6-8-18(9-7-17)19-10-12-20(13-11-19)21-14-15-22(24(27)23(21)26)31-16-25(28,29)30/h2-3,10-15,17-18H,4-9,16H2,1H3/b3-2+. The lowest BCUT2D eigenvalue weighted by molar-refractivity contribution is -0.153. The van der Waals surface area contributed by atoms with E-state index in [1.807, 2.05) is 19.1 Å². The lowest BCUT2D eigenvalue weighted by atomic mass is 9.77. The van der Waals surface area contributed by atoms with Crippen molar-refractivity contribution >= 4 is 0 Å². The molecule has 6 heteroatoms. The van der Waals surface area contributed by atoms with E-state index in [9.17, 15) is 22.0 Å². The van der Waals surface area contributed by atoms with Gasteiger partial charge in [0.1, 0.15) is 0 Å². The molecule has 1 fully saturated rings. The molecule has 0 bridgehead atoms. The Kier molecular flexibility index (Phi) is 7.74. The number of ether oxygens (including phenoxy) is 1. The number of allylic oxidation sites excluding steroid dienone is 2. The third-order valence-corrected chi connectivity index (χ3v) is 5.96. The van der Waals surface area contributed by atoms with E-state index >= 15 is 0 Å². The monoisotopic (exact) mass is 438 g/mol. The Labute approximate surface area is 179 Å². The molecule has 0 spiro atoms. The van der Waals surface area contributed by atoms with Gasteiger partial charge in [0.2, 0.25) is 5.82 Å². The molecule has 0 atom stereocenters. The van der Waals surface area contributed by atoms with Gasteiger partial charge in [-0.05, 0) is 80.5 Å². The quantitative estimate of drug-likeness (QED) is 0.313. The van der Waals surface area contributed by atoms with E-state index < -0.39 is 30.2 Å². The van der Waals surface area contributed by atoms with Gasteiger partial charge >= 0.3 is 6.18 Å². The maximum Gasteiger partial charge on any atom is 0.422 e. The van der Waals surface area contributed by atoms with Crippen molar-refractivity contribution < 1.29 is 26.7 Å². The van der Waals surface area contributed by atoms with Crippen LogP contribution >= 0.6 is 0 Å². The molecule has 168 valence electrons. The van der Waals surface area contributed by atoms with Crippen LogP contribution in [0.2, 0.25) is 0 Å². The van der Waals surface area contributed by atoms with Crippen molar-refractivity contribution in [2.75, 3.05) is 6.61 Å². The van der Waals surface area contributed by atoms with E-state index in [1.165, 1.54) is 30.9 Å². The van der Waals surface area contributed by atoms with Gasteiger partial charge in [0, 0.05) is 5.56 Å². The Morgan fingerprint density at radius 3 is 2.23 bits per heavy atom. The summed E-state index contributed by atoms with van der Waals surface area (Å²) in [5.41, 5.74) is 1.65. The molecule has 1 saturated carbocycles. The fourth-order valence-corrected chi connectivity index (χ4v) is 4.24. The van der Waals surface area contributed by atoms with Crippen LogP contribution in [0.25, 0.3) is 11.1 Å². The molecule has 0 aromatic heterocycles. The highest BCUT2D eigenvalue weighted by Gasteiger charge is 2.29. The smallest absolute Gasteiger partial charge is 0.422 e. The molecule has 1 aliphatic carbocycles. The maximum atomic E-state index is 14.5. The van der Waals surface area contributed by atoms with Gasteiger partial charge in [0.15, 0.2) is 18.2 Å². The lowest BCUT2D eigenvalue weighted by Gasteiger charge is -2.28. The Bertz CT molecular complexity index is 878. The molecule has 0 unspecified atom stereocenters. The summed E-state index contributed by atoms with van der Waals surface area (Å²) >= 11 is 0. The molecule has 1 nitrogen and oxygen atoms in total. The summed E-state index contributed by atoms with van der Waals surface area (Å²) < 4.78 is 69.8. The number of rotatable bonds is 7. The Balaban J connectivity index is 1.64. The van der Waals surface area contributed by atoms with Crippen LogP contribution < -0.4 is 4.74 Å². The molecule has 0 saturated heterocycles. The van der Waals surface area contributed by atoms with Gasteiger partial charge in [-0.3, -0.25) is 0 Å². The first-order chi connectivity index (χ1) is 14.8. The number of hydrogen-bond donors (Lipinski definition) is 0. The first-order valence-corrected chi connectivity index (χ1v) is 10.7. The summed E-state index contributed by atoms with van der Waals surface area (Å²) in [6, 6.07) is 9.62. The Morgan fingerprint density at radius 1 is 0.935 bits per heavy atom. The molecule has 0 radical (unpaired) electrons. The summed E-state index contributed by atoms with van der Waals surface area (Å²) in [5.74, 6) is -2.15. The van der Waals surface area contributed by atoms with Gasteiger partial charge in [-0.15, -0.1) is 0 Å². The predicted octanol–water partition coefficient (Wildman–Crippen LogP) is 8.20. The summed E-state index contributed by atoms with van der Waals surface area (Å²) in [4.78, 5) is 0. The molecule has 2 aromatic carbocycles. The van der Waals surface area contributed by atoms with Gasteiger partial charge < -0.3 is 4.74 Å². The van der Waals surface area contributed by atoms with Gasteiger partial charge in [-0.2, -0.15) is 17.6 Å². The SMILES string of the molecule is C/C=C/CCC1CCC(c2ccc(-c3ccc(OCC(F)(F)F)c(F)c3F)cc2)CC1. The van der Waals surface area contributed by atoms with Crippen molar-refractivity contribution in [2.24, 2.45) is 5.92 Å². The van der Waals surface area contributed by atoms with Crippen LogP contribution in [0.1, 0.15) is 56.9 Å². The molecule has 31 heavy (non-hydrogen) atoms. The molecule has 3 rings (SSSR count). The molecular weight excluding hydrogens is 411 g/mol. The van der Waals surface area contributed by atoms with Crippen molar-refractivity contribution in [2.45, 2.75) is 57.5 Å². The van der Waals surface area contributed by atoms with E-state index in [4.69, 9.17) is 0 Å². The zero-order valence-corrected chi connectivity index (χ0v) is 17.5. The van der Waals surface area contributed by atoms with Crippen molar-refractivity contribution in [1.29, 1.82) is 0 Å². The normalized spacial score (nSPS) is 19.7.